The molecule has 0 saturated carbocycles. The maximum Gasteiger partial charge on any atom is 0.319 e. The molecular weight excluding hydrogens is 406 g/mol. The highest BCUT2D eigenvalue weighted by molar-refractivity contribution is 5.89. The molecule has 0 unspecified atom stereocenters. The average molecular weight is 444 g/mol. The van der Waals surface area contributed by atoms with Gasteiger partial charge in [-0.05, 0) is 62.7 Å². The molecule has 7 nitrogen and oxygen atoms in total. The zero-order valence-corrected chi connectivity index (χ0v) is 19.9. The lowest BCUT2D eigenvalue weighted by Gasteiger charge is -2.14. The number of nitrogens with one attached hydrogen (secondary N) is 2. The van der Waals surface area contributed by atoms with Gasteiger partial charge in [0.2, 0.25) is 0 Å². The standard InChI is InChI=1S/C25H37N3O4/c1-19(2)8-7-14-32-24-17-21(11-12-23(24)30-5)27-25(29)26-18-20-9-6-10-22(16-20)31-15-13-28(3)4/h6,9-12,16-17,19H,7-8,13-15,18H2,1-5H3,(H2,26,27,29). The Kier molecular flexibility index (Phi) is 10.7. The Morgan fingerprint density at radius 1 is 1.03 bits per heavy atom. The van der Waals surface area contributed by atoms with E-state index in [9.17, 15) is 4.79 Å². The molecule has 0 aliphatic rings. The molecule has 0 fully saturated rings. The third-order valence-corrected chi connectivity index (χ3v) is 4.76. The number of methoxy groups -OCH3 is 1. The number of hydrogen-bond donors (Lipinski definition) is 2. The number of nitrogens with zero attached hydrogens (tertiary/aromatic N) is 1. The Morgan fingerprint density at radius 2 is 1.84 bits per heavy atom. The van der Waals surface area contributed by atoms with E-state index in [2.05, 4.69) is 29.4 Å². The Morgan fingerprint density at radius 3 is 2.56 bits per heavy atom. The number of likely N-dealkylation sites (N-methyl/N-ethyl adjacent to an activating group) is 1. The zero-order chi connectivity index (χ0) is 23.3. The van der Waals surface area contributed by atoms with Gasteiger partial charge in [0.15, 0.2) is 11.5 Å². The number of benzene rings is 2. The van der Waals surface area contributed by atoms with Crippen LogP contribution in [0.25, 0.3) is 0 Å². The largest absolute Gasteiger partial charge is 0.493 e. The number of anilines is 1. The summed E-state index contributed by atoms with van der Waals surface area (Å²) in [5.41, 5.74) is 1.61. The van der Waals surface area contributed by atoms with Crippen LogP contribution in [0.4, 0.5) is 10.5 Å². The maximum atomic E-state index is 12.4. The van der Waals surface area contributed by atoms with Crippen molar-refractivity contribution in [3.05, 3.63) is 48.0 Å². The Bertz CT molecular complexity index is 840. The highest BCUT2D eigenvalue weighted by Gasteiger charge is 2.09. The Balaban J connectivity index is 1.86. The molecule has 32 heavy (non-hydrogen) atoms. The highest BCUT2D eigenvalue weighted by Crippen LogP contribution is 2.30. The fourth-order valence-electron chi connectivity index (χ4n) is 2.99. The van der Waals surface area contributed by atoms with Crippen LogP contribution in [0.1, 0.15) is 32.3 Å². The van der Waals surface area contributed by atoms with Crippen LogP contribution in [-0.4, -0.2) is 51.9 Å². The molecule has 0 bridgehead atoms. The molecule has 0 saturated heterocycles. The fourth-order valence-corrected chi connectivity index (χ4v) is 2.99. The summed E-state index contributed by atoms with van der Waals surface area (Å²) < 4.78 is 17.0. The van der Waals surface area contributed by atoms with Crippen LogP contribution in [0.15, 0.2) is 42.5 Å². The van der Waals surface area contributed by atoms with Crippen molar-refractivity contribution in [3.8, 4) is 17.2 Å². The van der Waals surface area contributed by atoms with Gasteiger partial charge in [-0.25, -0.2) is 4.79 Å². The first-order chi connectivity index (χ1) is 15.4. The van der Waals surface area contributed by atoms with E-state index >= 15 is 0 Å². The van der Waals surface area contributed by atoms with Crippen LogP contribution >= 0.6 is 0 Å². The third-order valence-electron chi connectivity index (χ3n) is 4.76. The summed E-state index contributed by atoms with van der Waals surface area (Å²) in [5.74, 6) is 2.70. The van der Waals surface area contributed by atoms with Crippen LogP contribution in [-0.2, 0) is 6.54 Å². The molecule has 2 amide bonds. The summed E-state index contributed by atoms with van der Waals surface area (Å²) in [4.78, 5) is 14.5. The third kappa shape index (κ3) is 9.47. The summed E-state index contributed by atoms with van der Waals surface area (Å²) in [6.45, 7) is 6.85. The van der Waals surface area contributed by atoms with E-state index in [1.807, 2.05) is 38.4 Å². The summed E-state index contributed by atoms with van der Waals surface area (Å²) in [6, 6.07) is 12.8. The van der Waals surface area contributed by atoms with Crippen molar-refractivity contribution in [2.75, 3.05) is 46.3 Å². The molecule has 2 aromatic carbocycles. The van der Waals surface area contributed by atoms with Gasteiger partial charge in [0.1, 0.15) is 12.4 Å². The first-order valence-corrected chi connectivity index (χ1v) is 11.1. The van der Waals surface area contributed by atoms with E-state index in [1.54, 1.807) is 25.3 Å². The molecule has 2 aromatic rings. The molecule has 0 aliphatic heterocycles. The molecule has 0 spiro atoms. The van der Waals surface area contributed by atoms with E-state index in [0.717, 1.165) is 30.7 Å². The van der Waals surface area contributed by atoms with Crippen molar-refractivity contribution >= 4 is 11.7 Å². The monoisotopic (exact) mass is 443 g/mol. The van der Waals surface area contributed by atoms with Crippen molar-refractivity contribution < 1.29 is 19.0 Å². The minimum atomic E-state index is -0.292. The van der Waals surface area contributed by atoms with E-state index in [1.165, 1.54) is 0 Å². The normalized spacial score (nSPS) is 10.8. The predicted octanol–water partition coefficient (Wildman–Crippen LogP) is 4.77. The summed E-state index contributed by atoms with van der Waals surface area (Å²) in [7, 11) is 5.62. The van der Waals surface area contributed by atoms with Gasteiger partial charge in [0, 0.05) is 24.8 Å². The number of urea groups is 1. The molecule has 176 valence electrons. The van der Waals surface area contributed by atoms with Gasteiger partial charge < -0.3 is 29.7 Å². The molecular formula is C25H37N3O4. The van der Waals surface area contributed by atoms with Crippen molar-refractivity contribution in [1.82, 2.24) is 10.2 Å². The smallest absolute Gasteiger partial charge is 0.319 e. The number of rotatable bonds is 13. The van der Waals surface area contributed by atoms with E-state index in [4.69, 9.17) is 14.2 Å². The van der Waals surface area contributed by atoms with Gasteiger partial charge in [0.25, 0.3) is 0 Å². The van der Waals surface area contributed by atoms with Crippen LogP contribution in [0, 0.1) is 5.92 Å². The van der Waals surface area contributed by atoms with Crippen molar-refractivity contribution in [2.45, 2.75) is 33.2 Å². The number of amides is 2. The minimum absolute atomic E-state index is 0.292. The fraction of sp³-hybridized carbons (Fsp3) is 0.480. The van der Waals surface area contributed by atoms with Crippen LogP contribution in [0.5, 0.6) is 17.2 Å². The maximum absolute atomic E-state index is 12.4. The first-order valence-electron chi connectivity index (χ1n) is 11.1. The zero-order valence-electron chi connectivity index (χ0n) is 19.9. The molecule has 0 radical (unpaired) electrons. The van der Waals surface area contributed by atoms with E-state index in [-0.39, 0.29) is 6.03 Å². The van der Waals surface area contributed by atoms with Gasteiger partial charge in [-0.3, -0.25) is 0 Å². The topological polar surface area (TPSA) is 72.1 Å². The number of carbonyl (C=O) groups excluding carboxylic acids is 1. The quantitative estimate of drug-likeness (QED) is 0.436. The van der Waals surface area contributed by atoms with Crippen molar-refractivity contribution in [3.63, 3.8) is 0 Å². The number of ether oxygens (including phenoxy) is 3. The van der Waals surface area contributed by atoms with Gasteiger partial charge in [-0.15, -0.1) is 0 Å². The highest BCUT2D eigenvalue weighted by atomic mass is 16.5. The lowest BCUT2D eigenvalue weighted by molar-refractivity contribution is 0.251. The number of carbonyl (C=O) groups is 1. The van der Waals surface area contributed by atoms with Gasteiger partial charge >= 0.3 is 6.03 Å². The van der Waals surface area contributed by atoms with E-state index < -0.39 is 0 Å². The molecule has 7 heteroatoms. The second-order valence-electron chi connectivity index (χ2n) is 8.36. The molecule has 2 N–H and O–H groups in total. The molecule has 0 aromatic heterocycles. The Labute approximate surface area is 192 Å². The van der Waals surface area contributed by atoms with Gasteiger partial charge in [-0.1, -0.05) is 26.0 Å². The minimum Gasteiger partial charge on any atom is -0.493 e. The molecule has 0 atom stereocenters. The lowest BCUT2D eigenvalue weighted by Crippen LogP contribution is -2.28. The van der Waals surface area contributed by atoms with Crippen LogP contribution in [0.2, 0.25) is 0 Å². The van der Waals surface area contributed by atoms with Gasteiger partial charge in [0.05, 0.1) is 13.7 Å². The molecule has 0 heterocycles. The second kappa shape index (κ2) is 13.5. The predicted molar refractivity (Wildman–Crippen MR) is 129 cm³/mol. The average Bonchev–Trinajstić information content (AvgIpc) is 2.75. The van der Waals surface area contributed by atoms with Crippen molar-refractivity contribution in [1.29, 1.82) is 0 Å². The second-order valence-corrected chi connectivity index (χ2v) is 8.36. The van der Waals surface area contributed by atoms with E-state index in [0.29, 0.717) is 42.9 Å². The summed E-state index contributed by atoms with van der Waals surface area (Å²) >= 11 is 0. The van der Waals surface area contributed by atoms with Crippen LogP contribution < -0.4 is 24.8 Å². The summed E-state index contributed by atoms with van der Waals surface area (Å²) in [6.07, 6.45) is 2.07. The SMILES string of the molecule is COc1ccc(NC(=O)NCc2cccc(OCCN(C)C)c2)cc1OCCCC(C)C. The van der Waals surface area contributed by atoms with Gasteiger partial charge in [-0.2, -0.15) is 0 Å². The summed E-state index contributed by atoms with van der Waals surface area (Å²) in [5, 5.41) is 5.73. The number of hydrogen-bond acceptors (Lipinski definition) is 5. The molecule has 0 aliphatic carbocycles. The molecule has 2 rings (SSSR count). The van der Waals surface area contributed by atoms with Crippen LogP contribution in [0.3, 0.4) is 0 Å². The Hall–Kier alpha value is -2.93. The first kappa shape index (κ1) is 25.3. The van der Waals surface area contributed by atoms with Crippen molar-refractivity contribution in [2.24, 2.45) is 5.92 Å². The lowest BCUT2D eigenvalue weighted by atomic mass is 10.1.